The third-order valence-corrected chi connectivity index (χ3v) is 3.43. The number of carbonyl (C=O) groups is 1. The van der Waals surface area contributed by atoms with Crippen molar-refractivity contribution in [3.63, 3.8) is 0 Å². The zero-order chi connectivity index (χ0) is 16.2. The number of nitrogens with one attached hydrogen (secondary N) is 1. The van der Waals surface area contributed by atoms with E-state index in [1.165, 1.54) is 11.0 Å². The van der Waals surface area contributed by atoms with E-state index in [1.54, 1.807) is 13.0 Å². The van der Waals surface area contributed by atoms with Crippen molar-refractivity contribution in [2.45, 2.75) is 19.8 Å². The molecule has 0 saturated carbocycles. The summed E-state index contributed by atoms with van der Waals surface area (Å²) in [5.74, 6) is 0.695. The van der Waals surface area contributed by atoms with Gasteiger partial charge in [-0.15, -0.1) is 9.75 Å². The monoisotopic (exact) mass is 352 g/mol. The van der Waals surface area contributed by atoms with E-state index in [4.69, 9.17) is 9.29 Å². The van der Waals surface area contributed by atoms with Gasteiger partial charge in [0.2, 0.25) is 12.2 Å². The van der Waals surface area contributed by atoms with E-state index in [1.807, 2.05) is 4.90 Å². The van der Waals surface area contributed by atoms with Crippen LogP contribution in [0.4, 0.5) is 4.79 Å². The van der Waals surface area contributed by atoms with Crippen molar-refractivity contribution in [1.29, 1.82) is 0 Å². The molecule has 0 aliphatic carbocycles. The Morgan fingerprint density at radius 3 is 2.65 bits per heavy atom. The summed E-state index contributed by atoms with van der Waals surface area (Å²) >= 11 is 0. The maximum atomic E-state index is 11.6. The maximum absolute atomic E-state index is 11.6. The Balaban J connectivity index is 0.00000264. The minimum absolute atomic E-state index is 0. The van der Waals surface area contributed by atoms with E-state index in [0.29, 0.717) is 5.82 Å². The molecular weight excluding hydrogens is 332 g/mol. The van der Waals surface area contributed by atoms with Gasteiger partial charge in [-0.2, -0.15) is 13.8 Å². The number of hydrazine groups is 1. The molecule has 0 aromatic rings. The second kappa shape index (κ2) is 8.10. The molecule has 1 amide bonds. The molecule has 0 unspecified atom stereocenters. The Bertz CT molecular complexity index is 583. The quantitative estimate of drug-likeness (QED) is 0.494. The molecule has 0 aromatic heterocycles. The van der Waals surface area contributed by atoms with E-state index in [-0.39, 0.29) is 18.6 Å². The van der Waals surface area contributed by atoms with E-state index in [2.05, 4.69) is 9.71 Å². The number of likely N-dealkylation sites (tertiary alicyclic amines) is 1. The van der Waals surface area contributed by atoms with Crippen molar-refractivity contribution in [2.24, 2.45) is 0 Å². The zero-order valence-corrected chi connectivity index (χ0v) is 13.4. The zero-order valence-electron chi connectivity index (χ0n) is 12.6. The Hall–Kier alpha value is -1.89. The number of hydroxylamine groups is 2. The largest absolute Gasteiger partial charge is 0.870 e. The molecule has 12 heteroatoms. The first-order chi connectivity index (χ1) is 10.4. The summed E-state index contributed by atoms with van der Waals surface area (Å²) in [4.78, 5) is 13.6. The van der Waals surface area contributed by atoms with Crippen molar-refractivity contribution >= 4 is 22.8 Å². The number of ether oxygens (including phenoxy) is 1. The summed E-state index contributed by atoms with van der Waals surface area (Å²) < 4.78 is 40.8. The van der Waals surface area contributed by atoms with Crippen LogP contribution in [0, 0.1) is 0 Å². The maximum Gasteiger partial charge on any atom is 0.437 e. The van der Waals surface area contributed by atoms with Crippen LogP contribution in [0.15, 0.2) is 11.9 Å². The van der Waals surface area contributed by atoms with Crippen molar-refractivity contribution in [2.75, 3.05) is 26.2 Å². The fourth-order valence-electron chi connectivity index (χ4n) is 2.25. The van der Waals surface area contributed by atoms with Gasteiger partial charge in [0, 0.05) is 6.08 Å². The third-order valence-electron chi connectivity index (χ3n) is 3.05. The predicted molar refractivity (Wildman–Crippen MR) is 76.6 cm³/mol. The molecule has 0 atom stereocenters. The summed E-state index contributed by atoms with van der Waals surface area (Å²) in [7, 11) is -4.64. The highest BCUT2D eigenvalue weighted by atomic mass is 32.3. The van der Waals surface area contributed by atoms with Crippen molar-refractivity contribution < 1.29 is 36.9 Å². The Kier molecular flexibility index (Phi) is 6.75. The smallest absolute Gasteiger partial charge is 0.437 e. The second-order valence-corrected chi connectivity index (χ2v) is 5.68. The predicted octanol–water partition coefficient (Wildman–Crippen LogP) is -0.501. The molecule has 0 radical (unpaired) electrons. The Morgan fingerprint density at radius 2 is 2.09 bits per heavy atom. The van der Waals surface area contributed by atoms with Gasteiger partial charge in [-0.25, -0.2) is 4.79 Å². The molecule has 0 aromatic carbocycles. The number of hydrazone groups is 1. The summed E-state index contributed by atoms with van der Waals surface area (Å²) in [5, 5.41) is 0.876. The third kappa shape index (κ3) is 5.67. The molecule has 2 heterocycles. The topological polar surface area (TPSA) is 141 Å². The van der Waals surface area contributed by atoms with Gasteiger partial charge in [0.25, 0.3) is 0 Å². The first kappa shape index (κ1) is 19.2. The van der Waals surface area contributed by atoms with Crippen LogP contribution < -0.4 is 5.43 Å². The number of nitrogens with zero attached hydrogens (tertiary/aromatic N) is 3. The van der Waals surface area contributed by atoms with E-state index in [9.17, 15) is 13.2 Å². The molecule has 132 valence electrons. The lowest BCUT2D eigenvalue weighted by Crippen LogP contribution is -2.46. The van der Waals surface area contributed by atoms with Crippen molar-refractivity contribution in [1.82, 2.24) is 15.4 Å². The fourth-order valence-corrected chi connectivity index (χ4v) is 2.59. The van der Waals surface area contributed by atoms with Gasteiger partial charge >= 0.3 is 16.5 Å². The number of amides is 1. The SMILES string of the molecule is CCOC(=O)N[N+]1=CN(OS(=O)(=O)O)CC=C1N1CCCC1.[OH-]. The molecule has 1 fully saturated rings. The van der Waals surface area contributed by atoms with Gasteiger partial charge < -0.3 is 10.2 Å². The molecule has 2 aliphatic rings. The van der Waals surface area contributed by atoms with Crippen LogP contribution in [0.1, 0.15) is 19.8 Å². The molecule has 0 spiro atoms. The van der Waals surface area contributed by atoms with Crippen LogP contribution in [-0.2, 0) is 19.4 Å². The second-order valence-electron chi connectivity index (χ2n) is 4.68. The van der Waals surface area contributed by atoms with E-state index < -0.39 is 16.5 Å². The standard InChI is InChI=1S/C11H18N4O6S.H2O/c1-2-20-11(16)12-15-9-14(21-22(17,18)19)8-5-10(15)13-6-3-4-7-13;/h5,9H,2-4,6-8H2,1H3,(H-,12,16,17,18,19);1H2. The van der Waals surface area contributed by atoms with Crippen LogP contribution in [0.25, 0.3) is 0 Å². The molecule has 2 aliphatic heterocycles. The van der Waals surface area contributed by atoms with Gasteiger partial charge in [0.05, 0.1) is 19.7 Å². The van der Waals surface area contributed by atoms with Gasteiger partial charge in [-0.3, -0.25) is 9.45 Å². The number of carbonyl (C=O) groups excluding carboxylic acids is 1. The lowest BCUT2D eigenvalue weighted by Gasteiger charge is -2.24. The van der Waals surface area contributed by atoms with Crippen molar-refractivity contribution in [3.8, 4) is 0 Å². The molecule has 23 heavy (non-hydrogen) atoms. The van der Waals surface area contributed by atoms with Gasteiger partial charge in [0.15, 0.2) is 0 Å². The highest BCUT2D eigenvalue weighted by molar-refractivity contribution is 7.80. The highest BCUT2D eigenvalue weighted by Gasteiger charge is 2.30. The van der Waals surface area contributed by atoms with Crippen LogP contribution in [0.5, 0.6) is 0 Å². The number of hydrogen-bond acceptors (Lipinski definition) is 8. The summed E-state index contributed by atoms with van der Waals surface area (Å²) in [6, 6.07) is 0. The van der Waals surface area contributed by atoms with Gasteiger partial charge in [-0.1, -0.05) is 4.28 Å². The normalized spacial score (nSPS) is 18.0. The average Bonchev–Trinajstić information content (AvgIpc) is 2.91. The minimum Gasteiger partial charge on any atom is -0.870 e. The van der Waals surface area contributed by atoms with Crippen LogP contribution >= 0.6 is 0 Å². The van der Waals surface area contributed by atoms with Crippen LogP contribution in [0.3, 0.4) is 0 Å². The molecular formula is C11H20N4O7S. The number of hydrogen-bond donors (Lipinski definition) is 2. The first-order valence-electron chi connectivity index (χ1n) is 6.85. The van der Waals surface area contributed by atoms with E-state index in [0.717, 1.165) is 31.0 Å². The Labute approximate surface area is 133 Å². The molecule has 2 rings (SSSR count). The number of rotatable bonds is 5. The average molecular weight is 352 g/mol. The van der Waals surface area contributed by atoms with Crippen LogP contribution in [-0.4, -0.2) is 71.8 Å². The molecule has 1 saturated heterocycles. The minimum atomic E-state index is -4.64. The first-order valence-corrected chi connectivity index (χ1v) is 8.22. The lowest BCUT2D eigenvalue weighted by molar-refractivity contribution is -0.547. The van der Waals surface area contributed by atoms with Gasteiger partial charge in [0.1, 0.15) is 6.54 Å². The highest BCUT2D eigenvalue weighted by Crippen LogP contribution is 2.17. The van der Waals surface area contributed by atoms with E-state index >= 15 is 0 Å². The van der Waals surface area contributed by atoms with Gasteiger partial charge in [-0.05, 0) is 19.8 Å². The Morgan fingerprint density at radius 1 is 1.43 bits per heavy atom. The van der Waals surface area contributed by atoms with Crippen LogP contribution in [0.2, 0.25) is 0 Å². The molecule has 11 nitrogen and oxygen atoms in total. The summed E-state index contributed by atoms with van der Waals surface area (Å²) in [5.41, 5.74) is 2.47. The molecule has 3 N–H and O–H groups in total. The summed E-state index contributed by atoms with van der Waals surface area (Å²) in [6.07, 6.45) is 4.30. The molecule has 0 bridgehead atoms. The van der Waals surface area contributed by atoms with Crippen molar-refractivity contribution in [3.05, 3.63) is 11.9 Å². The lowest BCUT2D eigenvalue weighted by atomic mass is 10.4. The summed E-state index contributed by atoms with van der Waals surface area (Å²) in [6.45, 7) is 3.64. The fraction of sp³-hybridized carbons (Fsp3) is 0.636.